The molecule has 2 aromatic carbocycles. The van der Waals surface area contributed by atoms with Gasteiger partial charge in [0.15, 0.2) is 5.78 Å². The SMILES string of the molecule is O=C(c1ccc(Cl)cc1)[C@H](CCCl)N(C(=O)c1ccccc1Cl)N1C(=O)[C@@H]2[C@H]3CC[C@@H](C3)[C@@H]2C1=O. The molecule has 2 aromatic rings. The van der Waals surface area contributed by atoms with Crippen LogP contribution in [-0.4, -0.2) is 45.4 Å². The molecule has 0 aromatic heterocycles. The molecule has 1 saturated heterocycles. The Labute approximate surface area is 218 Å². The number of alkyl halides is 1. The van der Waals surface area contributed by atoms with Crippen molar-refractivity contribution in [3.63, 3.8) is 0 Å². The van der Waals surface area contributed by atoms with Crippen LogP contribution in [0.3, 0.4) is 0 Å². The molecule has 0 unspecified atom stereocenters. The van der Waals surface area contributed by atoms with Crippen LogP contribution in [0.15, 0.2) is 48.5 Å². The molecule has 2 saturated carbocycles. The number of Topliss-reactive ketones (excluding diaryl/α,β-unsaturated/α-hetero) is 1. The second-order valence-corrected chi connectivity index (χ2v) is 10.6. The van der Waals surface area contributed by atoms with Crippen LogP contribution in [0.1, 0.15) is 46.4 Å². The number of carbonyl (C=O) groups is 4. The van der Waals surface area contributed by atoms with E-state index >= 15 is 0 Å². The van der Waals surface area contributed by atoms with Crippen LogP contribution >= 0.6 is 34.8 Å². The zero-order valence-corrected chi connectivity index (χ0v) is 21.0. The van der Waals surface area contributed by atoms with E-state index in [9.17, 15) is 19.2 Å². The van der Waals surface area contributed by atoms with Gasteiger partial charge in [-0.15, -0.1) is 11.6 Å². The summed E-state index contributed by atoms with van der Waals surface area (Å²) in [5, 5.41) is 2.55. The summed E-state index contributed by atoms with van der Waals surface area (Å²) in [6.07, 6.45) is 2.68. The molecule has 0 spiro atoms. The third-order valence-electron chi connectivity index (χ3n) is 7.54. The first-order valence-electron chi connectivity index (χ1n) is 11.6. The van der Waals surface area contributed by atoms with Crippen LogP contribution in [0.5, 0.6) is 0 Å². The standard InChI is InChI=1S/C26H23Cl3N2O4/c27-12-11-20(23(32)14-7-9-17(28)10-8-14)30(24(33)18-3-1-2-4-19(18)29)31-25(34)21-15-5-6-16(13-15)22(21)26(31)35/h1-4,7-10,15-16,20-22H,5-6,11-13H2/t15-,16-,20-,21-,22+/m0/s1. The van der Waals surface area contributed by atoms with Crippen molar-refractivity contribution >= 4 is 58.3 Å². The van der Waals surface area contributed by atoms with E-state index in [0.29, 0.717) is 10.6 Å². The van der Waals surface area contributed by atoms with E-state index in [2.05, 4.69) is 0 Å². The first-order chi connectivity index (χ1) is 16.8. The summed E-state index contributed by atoms with van der Waals surface area (Å²) in [5.41, 5.74) is 0.388. The number of ketones is 1. The smallest absolute Gasteiger partial charge is 0.275 e. The van der Waals surface area contributed by atoms with Crippen LogP contribution in [0.2, 0.25) is 10.0 Å². The van der Waals surface area contributed by atoms with Gasteiger partial charge < -0.3 is 0 Å². The van der Waals surface area contributed by atoms with E-state index in [-0.39, 0.29) is 34.7 Å². The average Bonchev–Trinajstić information content (AvgIpc) is 3.54. The van der Waals surface area contributed by atoms with Gasteiger partial charge in [-0.2, -0.15) is 5.01 Å². The van der Waals surface area contributed by atoms with E-state index in [1.54, 1.807) is 42.5 Å². The Balaban J connectivity index is 1.60. The molecular formula is C26H23Cl3N2O4. The van der Waals surface area contributed by atoms with E-state index in [0.717, 1.165) is 29.3 Å². The highest BCUT2D eigenvalue weighted by molar-refractivity contribution is 6.34. The molecule has 5 rings (SSSR count). The van der Waals surface area contributed by atoms with Gasteiger partial charge in [-0.3, -0.25) is 19.2 Å². The number of rotatable bonds is 7. The number of hydrazine groups is 1. The molecule has 3 amide bonds. The number of hydrogen-bond donors (Lipinski definition) is 0. The van der Waals surface area contributed by atoms with Gasteiger partial charge in [0.25, 0.3) is 17.7 Å². The van der Waals surface area contributed by atoms with Crippen molar-refractivity contribution in [2.75, 3.05) is 5.88 Å². The Hall–Kier alpha value is -2.41. The van der Waals surface area contributed by atoms with Crippen molar-refractivity contribution in [2.45, 2.75) is 31.7 Å². The molecule has 2 bridgehead atoms. The number of carbonyl (C=O) groups excluding carboxylic acids is 4. The van der Waals surface area contributed by atoms with E-state index in [4.69, 9.17) is 34.8 Å². The van der Waals surface area contributed by atoms with Gasteiger partial charge in [-0.1, -0.05) is 35.3 Å². The van der Waals surface area contributed by atoms with Crippen molar-refractivity contribution < 1.29 is 19.2 Å². The molecule has 9 heteroatoms. The summed E-state index contributed by atoms with van der Waals surface area (Å²) >= 11 is 18.4. The summed E-state index contributed by atoms with van der Waals surface area (Å²) in [7, 11) is 0. The fourth-order valence-electron chi connectivity index (χ4n) is 6.01. The quantitative estimate of drug-likeness (QED) is 0.276. The van der Waals surface area contributed by atoms with Gasteiger partial charge in [-0.25, -0.2) is 5.01 Å². The lowest BCUT2D eigenvalue weighted by atomic mass is 9.81. The van der Waals surface area contributed by atoms with Gasteiger partial charge in [0.1, 0.15) is 6.04 Å². The number of fused-ring (bicyclic) bond motifs is 5. The Morgan fingerprint density at radius 1 is 0.943 bits per heavy atom. The maximum absolute atomic E-state index is 13.9. The maximum atomic E-state index is 13.9. The van der Waals surface area contributed by atoms with Crippen LogP contribution in [-0.2, 0) is 9.59 Å². The maximum Gasteiger partial charge on any atom is 0.275 e. The number of hydrogen-bond acceptors (Lipinski definition) is 4. The summed E-state index contributed by atoms with van der Waals surface area (Å²) in [6, 6.07) is 11.4. The van der Waals surface area contributed by atoms with E-state index < -0.39 is 41.4 Å². The lowest BCUT2D eigenvalue weighted by Gasteiger charge is -2.37. The third-order valence-corrected chi connectivity index (χ3v) is 8.34. The van der Waals surface area contributed by atoms with E-state index in [1.165, 1.54) is 6.07 Å². The van der Waals surface area contributed by atoms with Crippen molar-refractivity contribution in [3.05, 3.63) is 69.7 Å². The molecular weight excluding hydrogens is 511 g/mol. The van der Waals surface area contributed by atoms with Crippen molar-refractivity contribution in [3.8, 4) is 0 Å². The predicted octanol–water partition coefficient (Wildman–Crippen LogP) is 5.26. The first kappa shape index (κ1) is 24.3. The minimum absolute atomic E-state index is 0.0324. The summed E-state index contributed by atoms with van der Waals surface area (Å²) < 4.78 is 0. The van der Waals surface area contributed by atoms with Crippen molar-refractivity contribution in [1.29, 1.82) is 0 Å². The largest absolute Gasteiger partial charge is 0.292 e. The Morgan fingerprint density at radius 3 is 2.11 bits per heavy atom. The average molecular weight is 534 g/mol. The first-order valence-corrected chi connectivity index (χ1v) is 12.9. The van der Waals surface area contributed by atoms with Gasteiger partial charge >= 0.3 is 0 Å². The lowest BCUT2D eigenvalue weighted by Crippen LogP contribution is -2.58. The highest BCUT2D eigenvalue weighted by atomic mass is 35.5. The number of halogens is 3. The highest BCUT2D eigenvalue weighted by Crippen LogP contribution is 2.56. The second-order valence-electron chi connectivity index (χ2n) is 9.37. The molecule has 1 heterocycles. The Morgan fingerprint density at radius 2 is 1.54 bits per heavy atom. The minimum atomic E-state index is -1.18. The molecule has 182 valence electrons. The van der Waals surface area contributed by atoms with Crippen LogP contribution in [0, 0.1) is 23.7 Å². The normalized spacial score (nSPS) is 25.6. The van der Waals surface area contributed by atoms with Crippen LogP contribution in [0.25, 0.3) is 0 Å². The number of amides is 3. The fourth-order valence-corrected chi connectivity index (χ4v) is 6.56. The van der Waals surface area contributed by atoms with Crippen LogP contribution < -0.4 is 0 Å². The molecule has 3 aliphatic rings. The minimum Gasteiger partial charge on any atom is -0.292 e. The zero-order valence-electron chi connectivity index (χ0n) is 18.7. The molecule has 6 nitrogen and oxygen atoms in total. The number of imide groups is 1. The van der Waals surface area contributed by atoms with Gasteiger partial charge in [0.2, 0.25) is 0 Å². The van der Waals surface area contributed by atoms with Gasteiger partial charge in [-0.05, 0) is 73.9 Å². The Bertz CT molecular complexity index is 1170. The molecule has 35 heavy (non-hydrogen) atoms. The van der Waals surface area contributed by atoms with Gasteiger partial charge in [0, 0.05) is 16.5 Å². The highest BCUT2D eigenvalue weighted by Gasteiger charge is 2.63. The van der Waals surface area contributed by atoms with Crippen LogP contribution in [0.4, 0.5) is 0 Å². The molecule has 1 aliphatic heterocycles. The second kappa shape index (κ2) is 9.57. The molecule has 3 fully saturated rings. The monoisotopic (exact) mass is 532 g/mol. The molecule has 5 atom stereocenters. The topological polar surface area (TPSA) is 74.8 Å². The van der Waals surface area contributed by atoms with Crippen molar-refractivity contribution in [2.24, 2.45) is 23.7 Å². The van der Waals surface area contributed by atoms with Gasteiger partial charge in [0.05, 0.1) is 22.4 Å². The molecule has 0 N–H and O–H groups in total. The summed E-state index contributed by atoms with van der Waals surface area (Å²) in [5.74, 6) is -2.60. The fraction of sp³-hybridized carbons (Fsp3) is 0.385. The predicted molar refractivity (Wildman–Crippen MR) is 132 cm³/mol. The summed E-state index contributed by atoms with van der Waals surface area (Å²) in [6.45, 7) is 0. The molecule has 2 aliphatic carbocycles. The number of nitrogens with zero attached hydrogens (tertiary/aromatic N) is 2. The summed E-state index contributed by atoms with van der Waals surface area (Å²) in [4.78, 5) is 55.0. The Kier molecular flexibility index (Phi) is 6.64. The lowest BCUT2D eigenvalue weighted by molar-refractivity contribution is -0.157. The van der Waals surface area contributed by atoms with E-state index in [1.807, 2.05) is 0 Å². The molecule has 0 radical (unpaired) electrons. The zero-order chi connectivity index (χ0) is 24.9. The number of benzene rings is 2. The van der Waals surface area contributed by atoms with Crippen molar-refractivity contribution in [1.82, 2.24) is 10.0 Å². The third kappa shape index (κ3) is 4.05.